The summed E-state index contributed by atoms with van der Waals surface area (Å²) in [6.07, 6.45) is 0. The maximum Gasteiger partial charge on any atom is 0.203 e. The molecule has 0 aromatic carbocycles. The summed E-state index contributed by atoms with van der Waals surface area (Å²) in [5.74, 6) is 1.27. The highest BCUT2D eigenvalue weighted by Crippen LogP contribution is 2.29. The third kappa shape index (κ3) is 3.18. The third-order valence-electron chi connectivity index (χ3n) is 2.32. The lowest BCUT2D eigenvalue weighted by Crippen LogP contribution is -2.04. The Kier molecular flexibility index (Phi) is 4.01. The second-order valence-electron chi connectivity index (χ2n) is 4.12. The summed E-state index contributed by atoms with van der Waals surface area (Å²) in [5, 5.41) is 4.21. The van der Waals surface area contributed by atoms with Crippen molar-refractivity contribution in [3.63, 3.8) is 0 Å². The van der Waals surface area contributed by atoms with Gasteiger partial charge in [0.2, 0.25) is 5.13 Å². The highest BCUT2D eigenvalue weighted by atomic mass is 35.5. The molecule has 2 heterocycles. The van der Waals surface area contributed by atoms with Crippen LogP contribution in [0.15, 0.2) is 12.1 Å². The van der Waals surface area contributed by atoms with E-state index in [2.05, 4.69) is 35.4 Å². The first-order valence-corrected chi connectivity index (χ1v) is 7.38. The molecule has 0 aliphatic rings. The van der Waals surface area contributed by atoms with E-state index in [1.807, 2.05) is 12.1 Å². The molecule has 0 bridgehead atoms. The molecule has 0 saturated carbocycles. The molecule has 0 saturated heterocycles. The van der Waals surface area contributed by atoms with Gasteiger partial charge in [0, 0.05) is 22.3 Å². The predicted molar refractivity (Wildman–Crippen MR) is 75.4 cm³/mol. The molecule has 2 rings (SSSR count). The van der Waals surface area contributed by atoms with Gasteiger partial charge >= 0.3 is 0 Å². The van der Waals surface area contributed by atoms with Gasteiger partial charge in [0.05, 0.1) is 10.4 Å². The van der Waals surface area contributed by atoms with Crippen molar-refractivity contribution in [1.82, 2.24) is 9.36 Å². The van der Waals surface area contributed by atoms with Crippen LogP contribution in [0.3, 0.4) is 0 Å². The first-order valence-electron chi connectivity index (χ1n) is 5.41. The lowest BCUT2D eigenvalue weighted by Gasteiger charge is -2.09. The number of aromatic nitrogens is 2. The number of nitrogens with one attached hydrogen (secondary N) is 1. The van der Waals surface area contributed by atoms with Gasteiger partial charge < -0.3 is 5.32 Å². The van der Waals surface area contributed by atoms with Crippen LogP contribution < -0.4 is 5.32 Å². The average molecular weight is 288 g/mol. The Hall–Kier alpha value is -0.650. The van der Waals surface area contributed by atoms with Gasteiger partial charge in [-0.1, -0.05) is 25.4 Å². The number of hydrogen-bond acceptors (Lipinski definition) is 5. The quantitative estimate of drug-likeness (QED) is 0.896. The zero-order valence-corrected chi connectivity index (χ0v) is 12.3. The highest BCUT2D eigenvalue weighted by molar-refractivity contribution is 7.16. The molecule has 0 spiro atoms. The van der Waals surface area contributed by atoms with Crippen LogP contribution in [0.2, 0.25) is 4.34 Å². The maximum atomic E-state index is 5.92. The molecule has 3 nitrogen and oxygen atoms in total. The molecule has 92 valence electrons. The average Bonchev–Trinajstić information content (AvgIpc) is 2.86. The van der Waals surface area contributed by atoms with Gasteiger partial charge in [0.15, 0.2) is 0 Å². The molecule has 17 heavy (non-hydrogen) atoms. The largest absolute Gasteiger partial charge is 0.353 e. The Morgan fingerprint density at radius 1 is 1.29 bits per heavy atom. The van der Waals surface area contributed by atoms with Crippen LogP contribution in [0.25, 0.3) is 0 Å². The van der Waals surface area contributed by atoms with Crippen LogP contribution in [0.4, 0.5) is 5.13 Å². The van der Waals surface area contributed by atoms with E-state index in [1.165, 1.54) is 16.4 Å². The first-order chi connectivity index (χ1) is 8.06. The van der Waals surface area contributed by atoms with Gasteiger partial charge in [0.25, 0.3) is 0 Å². The van der Waals surface area contributed by atoms with Crippen LogP contribution in [0.5, 0.6) is 0 Å². The lowest BCUT2D eigenvalue weighted by atomic mass is 10.2. The number of hydrogen-bond donors (Lipinski definition) is 1. The molecule has 1 atom stereocenters. The van der Waals surface area contributed by atoms with Gasteiger partial charge in [-0.2, -0.15) is 4.37 Å². The summed E-state index contributed by atoms with van der Waals surface area (Å²) in [6.45, 7) is 6.28. The molecular weight excluding hydrogens is 274 g/mol. The van der Waals surface area contributed by atoms with Gasteiger partial charge in [-0.15, -0.1) is 11.3 Å². The Morgan fingerprint density at radius 2 is 2.06 bits per heavy atom. The van der Waals surface area contributed by atoms with Crippen molar-refractivity contribution in [3.8, 4) is 0 Å². The van der Waals surface area contributed by atoms with E-state index in [-0.39, 0.29) is 6.04 Å². The third-order valence-corrected chi connectivity index (χ3v) is 4.39. The second-order valence-corrected chi connectivity index (χ2v) is 6.62. The minimum absolute atomic E-state index is 0.209. The minimum Gasteiger partial charge on any atom is -0.353 e. The first kappa shape index (κ1) is 12.8. The fraction of sp³-hybridized carbons (Fsp3) is 0.455. The smallest absolute Gasteiger partial charge is 0.203 e. The zero-order valence-electron chi connectivity index (χ0n) is 9.90. The molecular formula is C11H14ClN3S2. The lowest BCUT2D eigenvalue weighted by molar-refractivity contribution is 0.796. The Balaban J connectivity index is 2.05. The van der Waals surface area contributed by atoms with Crippen molar-refractivity contribution in [3.05, 3.63) is 27.2 Å². The number of thiophene rings is 1. The van der Waals surface area contributed by atoms with Crippen molar-refractivity contribution in [2.75, 3.05) is 5.32 Å². The molecule has 0 aliphatic heterocycles. The van der Waals surface area contributed by atoms with Crippen molar-refractivity contribution in [2.45, 2.75) is 32.7 Å². The van der Waals surface area contributed by atoms with Crippen LogP contribution in [-0.2, 0) is 0 Å². The van der Waals surface area contributed by atoms with Crippen LogP contribution in [0, 0.1) is 0 Å². The maximum absolute atomic E-state index is 5.92. The van der Waals surface area contributed by atoms with E-state index in [1.54, 1.807) is 11.3 Å². The summed E-state index contributed by atoms with van der Waals surface area (Å²) in [6, 6.07) is 4.16. The zero-order chi connectivity index (χ0) is 12.4. The van der Waals surface area contributed by atoms with Gasteiger partial charge in [-0.25, -0.2) is 4.98 Å². The highest BCUT2D eigenvalue weighted by Gasteiger charge is 2.12. The van der Waals surface area contributed by atoms with Gasteiger partial charge in [0.1, 0.15) is 5.82 Å². The molecule has 0 radical (unpaired) electrons. The molecule has 2 aromatic heterocycles. The Bertz CT molecular complexity index is 492. The molecule has 6 heteroatoms. The van der Waals surface area contributed by atoms with Gasteiger partial charge in [-0.05, 0) is 19.1 Å². The molecule has 0 fully saturated rings. The molecule has 0 aliphatic carbocycles. The topological polar surface area (TPSA) is 37.8 Å². The second kappa shape index (κ2) is 5.33. The van der Waals surface area contributed by atoms with E-state index >= 15 is 0 Å². The normalized spacial score (nSPS) is 13.0. The standard InChI is InChI=1S/C11H14ClN3S2/c1-6(2)10-14-11(17-15-10)13-7(3)8-4-5-9(12)16-8/h4-7H,1-3H3,(H,13,14,15). The Morgan fingerprint density at radius 3 is 2.59 bits per heavy atom. The Labute approximate surface area is 114 Å². The predicted octanol–water partition coefficient (Wildman–Crippen LogP) is 4.55. The van der Waals surface area contributed by atoms with Crippen molar-refractivity contribution in [1.29, 1.82) is 0 Å². The summed E-state index contributed by atoms with van der Waals surface area (Å²) >= 11 is 8.91. The molecule has 1 unspecified atom stereocenters. The fourth-order valence-corrected chi connectivity index (χ4v) is 3.20. The minimum atomic E-state index is 0.209. The van der Waals surface area contributed by atoms with E-state index in [4.69, 9.17) is 11.6 Å². The number of nitrogens with zero attached hydrogens (tertiary/aromatic N) is 2. The monoisotopic (exact) mass is 287 g/mol. The molecule has 1 N–H and O–H groups in total. The number of rotatable bonds is 4. The molecule has 0 amide bonds. The van der Waals surface area contributed by atoms with E-state index < -0.39 is 0 Å². The van der Waals surface area contributed by atoms with Crippen LogP contribution >= 0.6 is 34.5 Å². The summed E-state index contributed by atoms with van der Waals surface area (Å²) in [7, 11) is 0. The van der Waals surface area contributed by atoms with Crippen LogP contribution in [0.1, 0.15) is 43.4 Å². The van der Waals surface area contributed by atoms with Crippen molar-refractivity contribution < 1.29 is 0 Å². The van der Waals surface area contributed by atoms with E-state index in [0.29, 0.717) is 5.92 Å². The summed E-state index contributed by atoms with van der Waals surface area (Å²) in [5.41, 5.74) is 0. The SMILES string of the molecule is CC(C)c1nsc(NC(C)c2ccc(Cl)s2)n1. The summed E-state index contributed by atoms with van der Waals surface area (Å²) in [4.78, 5) is 5.65. The van der Waals surface area contributed by atoms with E-state index in [0.717, 1.165) is 15.3 Å². The fourth-order valence-electron chi connectivity index (χ4n) is 1.35. The number of anilines is 1. The summed E-state index contributed by atoms with van der Waals surface area (Å²) < 4.78 is 5.13. The van der Waals surface area contributed by atoms with Gasteiger partial charge in [-0.3, -0.25) is 0 Å². The van der Waals surface area contributed by atoms with Crippen LogP contribution in [-0.4, -0.2) is 9.36 Å². The molecule has 2 aromatic rings. The number of halogens is 1. The van der Waals surface area contributed by atoms with E-state index in [9.17, 15) is 0 Å². The van der Waals surface area contributed by atoms with Crippen molar-refractivity contribution >= 4 is 39.6 Å². The van der Waals surface area contributed by atoms with Crippen molar-refractivity contribution in [2.24, 2.45) is 0 Å².